The molecule has 1 fully saturated rings. The minimum absolute atomic E-state index is 0.110. The Balaban J connectivity index is 1.59. The maximum atomic E-state index is 12.4. The number of hydrogen-bond acceptors (Lipinski definition) is 7. The molecule has 1 aliphatic rings. The van der Waals surface area contributed by atoms with Gasteiger partial charge in [0.2, 0.25) is 11.0 Å². The number of benzene rings is 1. The van der Waals surface area contributed by atoms with Gasteiger partial charge in [-0.25, -0.2) is 0 Å². The Morgan fingerprint density at radius 2 is 2.12 bits per heavy atom. The SMILES string of the molecule is C[C@@H](Sc1nnc(Nc2ccccc2Cl)s1)C(=O)N1CCOCC1. The number of hydrogen-bond donors (Lipinski definition) is 1. The molecule has 1 N–H and O–H groups in total. The van der Waals surface area contributed by atoms with Gasteiger partial charge in [-0.15, -0.1) is 10.2 Å². The summed E-state index contributed by atoms with van der Waals surface area (Å²) in [6.07, 6.45) is 0. The van der Waals surface area contributed by atoms with Gasteiger partial charge in [0.25, 0.3) is 0 Å². The molecule has 128 valence electrons. The van der Waals surface area contributed by atoms with Crippen LogP contribution in [0.2, 0.25) is 5.02 Å². The van der Waals surface area contributed by atoms with Crippen molar-refractivity contribution in [2.24, 2.45) is 0 Å². The van der Waals surface area contributed by atoms with E-state index >= 15 is 0 Å². The Hall–Kier alpha value is -1.35. The van der Waals surface area contributed by atoms with E-state index in [1.165, 1.54) is 23.1 Å². The average molecular weight is 385 g/mol. The summed E-state index contributed by atoms with van der Waals surface area (Å²) in [6, 6.07) is 7.45. The predicted molar refractivity (Wildman–Crippen MR) is 97.4 cm³/mol. The second-order valence-corrected chi connectivity index (χ2v) is 8.15. The first kappa shape index (κ1) is 17.5. The predicted octanol–water partition coefficient (Wildman–Crippen LogP) is 3.27. The standard InChI is InChI=1S/C15H17ClN4O2S2/c1-10(13(21)20-6-8-22-9-7-20)23-15-19-18-14(24-15)17-12-5-3-2-4-11(12)16/h2-5,10H,6-9H2,1H3,(H,17,18)/t10-/m1/s1. The van der Waals surface area contributed by atoms with E-state index in [0.717, 1.165) is 10.0 Å². The van der Waals surface area contributed by atoms with Gasteiger partial charge in [-0.1, -0.05) is 46.8 Å². The van der Waals surface area contributed by atoms with Gasteiger partial charge in [0.15, 0.2) is 4.34 Å². The van der Waals surface area contributed by atoms with E-state index in [0.29, 0.717) is 36.5 Å². The van der Waals surface area contributed by atoms with Crippen molar-refractivity contribution in [3.05, 3.63) is 29.3 Å². The summed E-state index contributed by atoms with van der Waals surface area (Å²) in [5.74, 6) is 0.110. The van der Waals surface area contributed by atoms with E-state index in [1.54, 1.807) is 0 Å². The molecule has 0 saturated carbocycles. The van der Waals surface area contributed by atoms with E-state index in [4.69, 9.17) is 16.3 Å². The highest BCUT2D eigenvalue weighted by Crippen LogP contribution is 2.32. The molecule has 0 radical (unpaired) electrons. The molecule has 9 heteroatoms. The summed E-state index contributed by atoms with van der Waals surface area (Å²) in [5, 5.41) is 12.5. The summed E-state index contributed by atoms with van der Waals surface area (Å²) in [7, 11) is 0. The minimum atomic E-state index is -0.204. The van der Waals surface area contributed by atoms with Gasteiger partial charge >= 0.3 is 0 Å². The van der Waals surface area contributed by atoms with Crippen LogP contribution in [-0.4, -0.2) is 52.6 Å². The molecule has 1 amide bonds. The molecule has 2 heterocycles. The fourth-order valence-electron chi connectivity index (χ4n) is 2.23. The zero-order chi connectivity index (χ0) is 16.9. The molecule has 1 atom stereocenters. The fourth-order valence-corrected chi connectivity index (χ4v) is 4.40. The minimum Gasteiger partial charge on any atom is -0.378 e. The van der Waals surface area contributed by atoms with Gasteiger partial charge < -0.3 is 15.0 Å². The van der Waals surface area contributed by atoms with Crippen molar-refractivity contribution in [1.29, 1.82) is 0 Å². The van der Waals surface area contributed by atoms with Gasteiger partial charge in [-0.2, -0.15) is 0 Å². The van der Waals surface area contributed by atoms with Gasteiger partial charge in [-0.3, -0.25) is 4.79 Å². The summed E-state index contributed by atoms with van der Waals surface area (Å²) < 4.78 is 6.03. The van der Waals surface area contributed by atoms with E-state index in [9.17, 15) is 4.79 Å². The number of halogens is 1. The summed E-state index contributed by atoms with van der Waals surface area (Å²) in [4.78, 5) is 14.3. The van der Waals surface area contributed by atoms with Crippen LogP contribution in [0.5, 0.6) is 0 Å². The summed E-state index contributed by atoms with van der Waals surface area (Å²) in [5.41, 5.74) is 0.782. The third kappa shape index (κ3) is 4.38. The number of amides is 1. The number of para-hydroxylation sites is 1. The van der Waals surface area contributed by atoms with E-state index in [2.05, 4.69) is 15.5 Å². The molecule has 24 heavy (non-hydrogen) atoms. The van der Waals surface area contributed by atoms with Gasteiger partial charge in [-0.05, 0) is 19.1 Å². The van der Waals surface area contributed by atoms with Crippen LogP contribution in [0.1, 0.15) is 6.92 Å². The van der Waals surface area contributed by atoms with Crippen LogP contribution < -0.4 is 5.32 Å². The highest BCUT2D eigenvalue weighted by atomic mass is 35.5. The highest BCUT2D eigenvalue weighted by molar-refractivity contribution is 8.02. The van der Waals surface area contributed by atoms with Crippen molar-refractivity contribution in [2.45, 2.75) is 16.5 Å². The van der Waals surface area contributed by atoms with E-state index in [1.807, 2.05) is 36.1 Å². The Kier molecular flexibility index (Phi) is 5.94. The first-order chi connectivity index (χ1) is 11.6. The maximum absolute atomic E-state index is 12.4. The fraction of sp³-hybridized carbons (Fsp3) is 0.400. The van der Waals surface area contributed by atoms with Crippen molar-refractivity contribution < 1.29 is 9.53 Å². The monoisotopic (exact) mass is 384 g/mol. The van der Waals surface area contributed by atoms with Crippen molar-refractivity contribution in [3.63, 3.8) is 0 Å². The number of aromatic nitrogens is 2. The number of carbonyl (C=O) groups is 1. The van der Waals surface area contributed by atoms with E-state index < -0.39 is 0 Å². The number of morpholine rings is 1. The zero-order valence-electron chi connectivity index (χ0n) is 13.1. The lowest BCUT2D eigenvalue weighted by atomic mass is 10.3. The van der Waals surface area contributed by atoms with Gasteiger partial charge in [0.05, 0.1) is 29.2 Å². The van der Waals surface area contributed by atoms with Crippen molar-refractivity contribution in [3.8, 4) is 0 Å². The third-order valence-electron chi connectivity index (χ3n) is 3.47. The molecular weight excluding hydrogens is 368 g/mol. The number of nitrogens with one attached hydrogen (secondary N) is 1. The van der Waals surface area contributed by atoms with Crippen LogP contribution in [0.25, 0.3) is 0 Å². The second-order valence-electron chi connectivity index (χ2n) is 5.18. The van der Waals surface area contributed by atoms with Crippen molar-refractivity contribution in [1.82, 2.24) is 15.1 Å². The molecule has 1 aromatic heterocycles. The molecular formula is C15H17ClN4O2S2. The lowest BCUT2D eigenvalue weighted by Crippen LogP contribution is -2.44. The number of rotatable bonds is 5. The molecule has 0 unspecified atom stereocenters. The van der Waals surface area contributed by atoms with Gasteiger partial charge in [0.1, 0.15) is 0 Å². The molecule has 1 saturated heterocycles. The van der Waals surface area contributed by atoms with Crippen LogP contribution in [0.4, 0.5) is 10.8 Å². The number of carbonyl (C=O) groups excluding carboxylic acids is 1. The van der Waals surface area contributed by atoms with Crippen LogP contribution >= 0.6 is 34.7 Å². The Bertz CT molecular complexity index is 706. The molecule has 2 aromatic rings. The molecule has 0 spiro atoms. The normalized spacial score (nSPS) is 16.0. The van der Waals surface area contributed by atoms with Crippen LogP contribution in [0.3, 0.4) is 0 Å². The first-order valence-electron chi connectivity index (χ1n) is 7.52. The lowest BCUT2D eigenvalue weighted by Gasteiger charge is -2.28. The molecule has 1 aliphatic heterocycles. The maximum Gasteiger partial charge on any atom is 0.236 e. The number of ether oxygens (including phenoxy) is 1. The van der Waals surface area contributed by atoms with Gasteiger partial charge in [0, 0.05) is 13.1 Å². The number of anilines is 2. The van der Waals surface area contributed by atoms with Crippen LogP contribution in [0.15, 0.2) is 28.6 Å². The lowest BCUT2D eigenvalue weighted by molar-refractivity contribution is -0.134. The molecule has 0 aliphatic carbocycles. The van der Waals surface area contributed by atoms with Crippen LogP contribution in [0, 0.1) is 0 Å². The zero-order valence-corrected chi connectivity index (χ0v) is 15.5. The molecule has 1 aromatic carbocycles. The van der Waals surface area contributed by atoms with Crippen LogP contribution in [-0.2, 0) is 9.53 Å². The molecule has 0 bridgehead atoms. The Labute approximate surface area is 153 Å². The molecule has 3 rings (SSSR count). The second kappa shape index (κ2) is 8.15. The van der Waals surface area contributed by atoms with E-state index in [-0.39, 0.29) is 11.2 Å². The first-order valence-corrected chi connectivity index (χ1v) is 9.59. The topological polar surface area (TPSA) is 67.4 Å². The largest absolute Gasteiger partial charge is 0.378 e. The third-order valence-corrected chi connectivity index (χ3v) is 5.81. The molecule has 6 nitrogen and oxygen atoms in total. The van der Waals surface area contributed by atoms with Crippen molar-refractivity contribution >= 4 is 51.4 Å². The number of thioether (sulfide) groups is 1. The quantitative estimate of drug-likeness (QED) is 0.798. The Morgan fingerprint density at radius 3 is 2.88 bits per heavy atom. The summed E-state index contributed by atoms with van der Waals surface area (Å²) >= 11 is 8.95. The number of nitrogens with zero attached hydrogens (tertiary/aromatic N) is 3. The Morgan fingerprint density at radius 1 is 1.38 bits per heavy atom. The smallest absolute Gasteiger partial charge is 0.236 e. The van der Waals surface area contributed by atoms with Crippen molar-refractivity contribution in [2.75, 3.05) is 31.6 Å². The highest BCUT2D eigenvalue weighted by Gasteiger charge is 2.24. The average Bonchev–Trinajstić information content (AvgIpc) is 3.04. The summed E-state index contributed by atoms with van der Waals surface area (Å²) in [6.45, 7) is 4.41.